The Kier molecular flexibility index (Phi) is 7.67. The molecule has 7 nitrogen and oxygen atoms in total. The number of carbonyl (C=O) groups is 1. The fourth-order valence-corrected chi connectivity index (χ4v) is 3.09. The number of para-hydroxylation sites is 1. The number of nitrogens with zero attached hydrogens (tertiary/aromatic N) is 2. The highest BCUT2D eigenvalue weighted by Gasteiger charge is 2.13. The number of hydrogen-bond acceptors (Lipinski definition) is 6. The van der Waals surface area contributed by atoms with Gasteiger partial charge in [-0.15, -0.1) is 0 Å². The number of rotatable bonds is 9. The molecule has 2 aromatic carbocycles. The van der Waals surface area contributed by atoms with Crippen molar-refractivity contribution < 1.29 is 19.0 Å². The van der Waals surface area contributed by atoms with E-state index in [0.29, 0.717) is 40.0 Å². The number of halogens is 1. The van der Waals surface area contributed by atoms with Gasteiger partial charge in [0.25, 0.3) is 5.91 Å². The van der Waals surface area contributed by atoms with E-state index in [4.69, 9.17) is 25.8 Å². The zero-order chi connectivity index (χ0) is 22.2. The van der Waals surface area contributed by atoms with Crippen LogP contribution in [0.3, 0.4) is 0 Å². The van der Waals surface area contributed by atoms with Crippen molar-refractivity contribution in [1.29, 1.82) is 0 Å². The van der Waals surface area contributed by atoms with Crippen LogP contribution in [0.25, 0.3) is 10.9 Å². The zero-order valence-electron chi connectivity index (χ0n) is 17.6. The first-order chi connectivity index (χ1) is 15.0. The Morgan fingerprint density at radius 3 is 2.77 bits per heavy atom. The largest absolute Gasteiger partial charge is 0.490 e. The first-order valence-electron chi connectivity index (χ1n) is 9.89. The Hall–Kier alpha value is -3.32. The van der Waals surface area contributed by atoms with E-state index in [1.165, 1.54) is 6.21 Å². The fraction of sp³-hybridized carbons (Fsp3) is 0.261. The van der Waals surface area contributed by atoms with Gasteiger partial charge in [0.1, 0.15) is 11.3 Å². The molecule has 0 aliphatic heterocycles. The van der Waals surface area contributed by atoms with E-state index in [0.717, 1.165) is 5.39 Å². The maximum Gasteiger partial charge on any atom is 0.277 e. The number of hydrazone groups is 1. The van der Waals surface area contributed by atoms with E-state index in [1.54, 1.807) is 24.4 Å². The van der Waals surface area contributed by atoms with Crippen LogP contribution in [0.1, 0.15) is 26.3 Å². The van der Waals surface area contributed by atoms with Crippen molar-refractivity contribution in [3.05, 3.63) is 59.2 Å². The van der Waals surface area contributed by atoms with E-state index in [2.05, 4.69) is 15.5 Å². The van der Waals surface area contributed by atoms with Crippen LogP contribution in [0.15, 0.2) is 53.8 Å². The molecular weight excluding hydrogens is 418 g/mol. The molecule has 0 saturated heterocycles. The highest BCUT2D eigenvalue weighted by Crippen LogP contribution is 2.37. The van der Waals surface area contributed by atoms with E-state index in [-0.39, 0.29) is 12.7 Å². The van der Waals surface area contributed by atoms with Crippen molar-refractivity contribution in [2.45, 2.75) is 26.9 Å². The molecule has 1 heterocycles. The first kappa shape index (κ1) is 22.4. The number of fused-ring (bicyclic) bond motifs is 1. The third-order valence-electron chi connectivity index (χ3n) is 4.04. The molecule has 1 aromatic heterocycles. The van der Waals surface area contributed by atoms with Crippen LogP contribution in [0.5, 0.6) is 17.2 Å². The lowest BCUT2D eigenvalue weighted by atomic mass is 10.2. The number of carbonyl (C=O) groups excluding carboxylic acids is 1. The molecule has 1 N–H and O–H groups in total. The molecule has 3 aromatic rings. The summed E-state index contributed by atoms with van der Waals surface area (Å²) in [4.78, 5) is 16.4. The van der Waals surface area contributed by atoms with Gasteiger partial charge in [-0.1, -0.05) is 29.8 Å². The number of pyridine rings is 1. The summed E-state index contributed by atoms with van der Waals surface area (Å²) < 4.78 is 17.0. The third-order valence-corrected chi connectivity index (χ3v) is 4.32. The van der Waals surface area contributed by atoms with Gasteiger partial charge in [0.05, 0.1) is 23.9 Å². The summed E-state index contributed by atoms with van der Waals surface area (Å²) in [7, 11) is 0. The molecular formula is C23H24ClN3O4. The SMILES string of the molecule is CCOc1cc(/C=N\NC(=O)COc2cccc3cccnc23)cc(Cl)c1OC(C)C. The summed E-state index contributed by atoms with van der Waals surface area (Å²) in [5.74, 6) is 1.13. The topological polar surface area (TPSA) is 82.0 Å². The highest BCUT2D eigenvalue weighted by molar-refractivity contribution is 6.32. The molecule has 0 unspecified atom stereocenters. The van der Waals surface area contributed by atoms with Crippen LogP contribution in [0, 0.1) is 0 Å². The molecule has 0 aliphatic carbocycles. The summed E-state index contributed by atoms with van der Waals surface area (Å²) in [5.41, 5.74) is 3.79. The molecule has 0 fully saturated rings. The fourth-order valence-electron chi connectivity index (χ4n) is 2.82. The highest BCUT2D eigenvalue weighted by atomic mass is 35.5. The molecule has 162 valence electrons. The minimum absolute atomic E-state index is 0.0487. The summed E-state index contributed by atoms with van der Waals surface area (Å²) >= 11 is 6.34. The van der Waals surface area contributed by atoms with Crippen LogP contribution in [0.2, 0.25) is 5.02 Å². The van der Waals surface area contributed by atoms with E-state index in [9.17, 15) is 4.79 Å². The Morgan fingerprint density at radius 1 is 1.19 bits per heavy atom. The van der Waals surface area contributed by atoms with Gasteiger partial charge in [-0.05, 0) is 50.6 Å². The molecule has 0 saturated carbocycles. The molecule has 1 amide bonds. The number of ether oxygens (including phenoxy) is 3. The van der Waals surface area contributed by atoms with Crippen molar-refractivity contribution in [1.82, 2.24) is 10.4 Å². The van der Waals surface area contributed by atoms with Crippen molar-refractivity contribution >= 4 is 34.6 Å². The van der Waals surface area contributed by atoms with Gasteiger partial charge in [-0.3, -0.25) is 9.78 Å². The van der Waals surface area contributed by atoms with Gasteiger partial charge in [-0.25, -0.2) is 5.43 Å². The summed E-state index contributed by atoms with van der Waals surface area (Å²) in [6.45, 7) is 5.96. The Balaban J connectivity index is 1.62. The predicted molar refractivity (Wildman–Crippen MR) is 121 cm³/mol. The van der Waals surface area contributed by atoms with Gasteiger partial charge in [0.2, 0.25) is 0 Å². The maximum absolute atomic E-state index is 12.1. The first-order valence-corrected chi connectivity index (χ1v) is 10.3. The van der Waals surface area contributed by atoms with Crippen molar-refractivity contribution in [3.63, 3.8) is 0 Å². The summed E-state index contributed by atoms with van der Waals surface area (Å²) in [6.07, 6.45) is 3.11. The molecule has 0 spiro atoms. The van der Waals surface area contributed by atoms with Gasteiger partial charge in [-0.2, -0.15) is 5.10 Å². The average molecular weight is 442 g/mol. The second-order valence-corrected chi connectivity index (χ2v) is 7.25. The quantitative estimate of drug-likeness (QED) is 0.387. The van der Waals surface area contributed by atoms with E-state index in [1.807, 2.05) is 45.0 Å². The summed E-state index contributed by atoms with van der Waals surface area (Å²) in [6, 6.07) is 12.8. The minimum Gasteiger partial charge on any atom is -0.490 e. The Labute approximate surface area is 186 Å². The van der Waals surface area contributed by atoms with Crippen LogP contribution < -0.4 is 19.6 Å². The molecule has 31 heavy (non-hydrogen) atoms. The number of hydrogen-bond donors (Lipinski definition) is 1. The van der Waals surface area contributed by atoms with E-state index < -0.39 is 5.91 Å². The molecule has 3 rings (SSSR count). The number of benzene rings is 2. The molecule has 0 radical (unpaired) electrons. The second kappa shape index (κ2) is 10.6. The van der Waals surface area contributed by atoms with Crippen LogP contribution in [-0.2, 0) is 4.79 Å². The third kappa shape index (κ3) is 6.08. The lowest BCUT2D eigenvalue weighted by Gasteiger charge is -2.16. The molecule has 0 bridgehead atoms. The average Bonchev–Trinajstić information content (AvgIpc) is 2.74. The van der Waals surface area contributed by atoms with Crippen LogP contribution in [-0.4, -0.2) is 36.4 Å². The van der Waals surface area contributed by atoms with Crippen LogP contribution >= 0.6 is 11.6 Å². The Bertz CT molecular complexity index is 1080. The van der Waals surface area contributed by atoms with Gasteiger partial charge in [0.15, 0.2) is 18.1 Å². The number of nitrogens with one attached hydrogen (secondary N) is 1. The molecule has 0 aliphatic rings. The van der Waals surface area contributed by atoms with Crippen molar-refractivity contribution in [2.24, 2.45) is 5.10 Å². The van der Waals surface area contributed by atoms with Gasteiger partial charge < -0.3 is 14.2 Å². The van der Waals surface area contributed by atoms with Gasteiger partial charge in [0, 0.05) is 11.6 Å². The molecule has 0 atom stereocenters. The molecule has 8 heteroatoms. The van der Waals surface area contributed by atoms with Gasteiger partial charge >= 0.3 is 0 Å². The number of aromatic nitrogens is 1. The van der Waals surface area contributed by atoms with Crippen molar-refractivity contribution in [2.75, 3.05) is 13.2 Å². The normalized spacial score (nSPS) is 11.1. The minimum atomic E-state index is -0.403. The lowest BCUT2D eigenvalue weighted by molar-refractivity contribution is -0.123. The maximum atomic E-state index is 12.1. The second-order valence-electron chi connectivity index (χ2n) is 6.84. The Morgan fingerprint density at radius 2 is 2.00 bits per heavy atom. The van der Waals surface area contributed by atoms with E-state index >= 15 is 0 Å². The van der Waals surface area contributed by atoms with Crippen molar-refractivity contribution in [3.8, 4) is 17.2 Å². The predicted octanol–water partition coefficient (Wildman–Crippen LogP) is 4.60. The summed E-state index contributed by atoms with van der Waals surface area (Å²) in [5, 5.41) is 5.31. The number of amides is 1. The monoisotopic (exact) mass is 441 g/mol. The lowest BCUT2D eigenvalue weighted by Crippen LogP contribution is -2.24. The zero-order valence-corrected chi connectivity index (χ0v) is 18.3. The standard InChI is InChI=1S/C23H24ClN3O4/c1-4-29-20-12-16(11-18(24)23(20)31-15(2)3)13-26-27-21(28)14-30-19-9-5-7-17-8-6-10-25-22(17)19/h5-13,15H,4,14H2,1-3H3,(H,27,28)/b26-13-. The smallest absolute Gasteiger partial charge is 0.277 e. The van der Waals surface area contributed by atoms with Crippen LogP contribution in [0.4, 0.5) is 0 Å².